The summed E-state index contributed by atoms with van der Waals surface area (Å²) in [6.07, 6.45) is -0.0954. The molecule has 9 nitrogen and oxygen atoms in total. The van der Waals surface area contributed by atoms with Gasteiger partial charge < -0.3 is 19.5 Å². The standard InChI is InChI=1S/C28H28N4O5/c1-18(29-19-5-7-20(8-6-19)30-21-9-13-23(35-2)14-10-21)27-25(17-26(33)37-4)31-32(28(27)34)22-11-15-24(36-3)16-12-22/h5-16,30-31H,17H2,1-4H3. The van der Waals surface area contributed by atoms with E-state index in [4.69, 9.17) is 14.2 Å². The number of ether oxygens (including phenoxy) is 3. The number of rotatable bonds is 9. The fourth-order valence-electron chi connectivity index (χ4n) is 3.82. The number of carbonyl (C=O) groups is 1. The highest BCUT2D eigenvalue weighted by molar-refractivity contribution is 6.01. The van der Waals surface area contributed by atoms with Gasteiger partial charge in [-0.15, -0.1) is 0 Å². The lowest BCUT2D eigenvalue weighted by Gasteiger charge is -2.08. The minimum atomic E-state index is -0.467. The first-order valence-corrected chi connectivity index (χ1v) is 11.5. The van der Waals surface area contributed by atoms with Crippen LogP contribution in [-0.4, -0.2) is 42.8 Å². The molecule has 3 aromatic carbocycles. The molecule has 0 fully saturated rings. The molecule has 0 aliphatic heterocycles. The van der Waals surface area contributed by atoms with Gasteiger partial charge >= 0.3 is 5.97 Å². The Kier molecular flexibility index (Phi) is 7.73. The molecule has 190 valence electrons. The van der Waals surface area contributed by atoms with Crippen LogP contribution in [0.15, 0.2) is 82.6 Å². The molecule has 0 aliphatic carbocycles. The predicted molar refractivity (Wildman–Crippen MR) is 143 cm³/mol. The third kappa shape index (κ3) is 5.90. The van der Waals surface area contributed by atoms with Crippen molar-refractivity contribution in [3.63, 3.8) is 0 Å². The number of nitrogens with one attached hydrogen (secondary N) is 2. The molecule has 0 amide bonds. The van der Waals surface area contributed by atoms with Crippen molar-refractivity contribution in [3.8, 4) is 17.2 Å². The van der Waals surface area contributed by atoms with Crippen LogP contribution in [-0.2, 0) is 16.0 Å². The summed E-state index contributed by atoms with van der Waals surface area (Å²) in [5, 5.41) is 6.36. The van der Waals surface area contributed by atoms with E-state index in [0.717, 1.165) is 17.1 Å². The first-order valence-electron chi connectivity index (χ1n) is 11.5. The summed E-state index contributed by atoms with van der Waals surface area (Å²) in [5.41, 5.74) is 3.98. The fraction of sp³-hybridized carbons (Fsp3) is 0.179. The van der Waals surface area contributed by atoms with Crippen molar-refractivity contribution in [1.82, 2.24) is 9.78 Å². The monoisotopic (exact) mass is 500 g/mol. The zero-order valence-electron chi connectivity index (χ0n) is 21.1. The summed E-state index contributed by atoms with van der Waals surface area (Å²) in [7, 11) is 4.51. The van der Waals surface area contributed by atoms with Gasteiger partial charge in [-0.3, -0.25) is 19.7 Å². The van der Waals surface area contributed by atoms with Crippen LogP contribution >= 0.6 is 0 Å². The lowest BCUT2D eigenvalue weighted by molar-refractivity contribution is -0.139. The molecule has 0 unspecified atom stereocenters. The summed E-state index contributed by atoms with van der Waals surface area (Å²) >= 11 is 0. The smallest absolute Gasteiger partial charge is 0.311 e. The second-order valence-electron chi connectivity index (χ2n) is 8.15. The van der Waals surface area contributed by atoms with E-state index in [0.29, 0.717) is 34.1 Å². The molecule has 4 aromatic rings. The second-order valence-corrected chi connectivity index (χ2v) is 8.15. The molecule has 37 heavy (non-hydrogen) atoms. The first kappa shape index (κ1) is 25.3. The number of methoxy groups -OCH3 is 3. The zero-order valence-corrected chi connectivity index (χ0v) is 21.1. The average Bonchev–Trinajstić information content (AvgIpc) is 3.25. The molecule has 2 N–H and O–H groups in total. The number of benzene rings is 3. The minimum absolute atomic E-state index is 0.0954. The Morgan fingerprint density at radius 1 is 0.865 bits per heavy atom. The Morgan fingerprint density at radius 2 is 1.41 bits per heavy atom. The van der Waals surface area contributed by atoms with Crippen LogP contribution in [0.1, 0.15) is 18.2 Å². The van der Waals surface area contributed by atoms with Crippen LogP contribution in [0.3, 0.4) is 0 Å². The minimum Gasteiger partial charge on any atom is -0.497 e. The van der Waals surface area contributed by atoms with Crippen LogP contribution in [0.25, 0.3) is 5.69 Å². The van der Waals surface area contributed by atoms with Crippen LogP contribution in [0.2, 0.25) is 0 Å². The molecule has 0 saturated heterocycles. The molecule has 0 bridgehead atoms. The summed E-state index contributed by atoms with van der Waals surface area (Å²) in [5.74, 6) is 0.986. The van der Waals surface area contributed by atoms with Gasteiger partial charge in [0.25, 0.3) is 5.56 Å². The number of H-pyrrole nitrogens is 1. The van der Waals surface area contributed by atoms with Gasteiger partial charge in [-0.05, 0) is 79.7 Å². The van der Waals surface area contributed by atoms with Gasteiger partial charge in [-0.1, -0.05) is 0 Å². The predicted octanol–water partition coefficient (Wildman–Crippen LogP) is 4.78. The quantitative estimate of drug-likeness (QED) is 0.253. The van der Waals surface area contributed by atoms with Crippen molar-refractivity contribution >= 4 is 28.7 Å². The number of anilines is 2. The topological polar surface area (TPSA) is 107 Å². The van der Waals surface area contributed by atoms with Crippen molar-refractivity contribution in [2.24, 2.45) is 4.99 Å². The van der Waals surface area contributed by atoms with E-state index in [1.54, 1.807) is 45.4 Å². The van der Waals surface area contributed by atoms with Crippen LogP contribution in [0.5, 0.6) is 11.5 Å². The van der Waals surface area contributed by atoms with E-state index >= 15 is 0 Å². The molecule has 0 atom stereocenters. The number of aliphatic imine (C=N–C) groups is 1. The van der Waals surface area contributed by atoms with Crippen molar-refractivity contribution < 1.29 is 19.0 Å². The number of hydrogen-bond donors (Lipinski definition) is 2. The van der Waals surface area contributed by atoms with Gasteiger partial charge in [0.05, 0.1) is 56.1 Å². The van der Waals surface area contributed by atoms with Gasteiger partial charge in [0.15, 0.2) is 0 Å². The molecular formula is C28H28N4O5. The molecule has 0 aliphatic rings. The largest absolute Gasteiger partial charge is 0.497 e. The highest BCUT2D eigenvalue weighted by atomic mass is 16.5. The molecule has 9 heteroatoms. The number of carbonyl (C=O) groups excluding carboxylic acids is 1. The highest BCUT2D eigenvalue weighted by Crippen LogP contribution is 2.23. The fourth-order valence-corrected chi connectivity index (χ4v) is 3.82. The van der Waals surface area contributed by atoms with Gasteiger partial charge in [-0.2, -0.15) is 0 Å². The summed E-state index contributed by atoms with van der Waals surface area (Å²) in [4.78, 5) is 30.1. The lowest BCUT2D eigenvalue weighted by Crippen LogP contribution is -2.20. The second kappa shape index (κ2) is 11.3. The maximum Gasteiger partial charge on any atom is 0.311 e. The van der Waals surface area contributed by atoms with E-state index in [9.17, 15) is 9.59 Å². The Morgan fingerprint density at radius 3 is 1.95 bits per heavy atom. The molecule has 0 spiro atoms. The number of aromatic amines is 1. The van der Waals surface area contributed by atoms with Gasteiger partial charge in [0.2, 0.25) is 0 Å². The maximum atomic E-state index is 13.4. The van der Waals surface area contributed by atoms with Crippen molar-refractivity contribution in [3.05, 3.63) is 94.4 Å². The molecular weight excluding hydrogens is 472 g/mol. The van der Waals surface area contributed by atoms with Crippen molar-refractivity contribution in [2.45, 2.75) is 13.3 Å². The van der Waals surface area contributed by atoms with Crippen LogP contribution in [0.4, 0.5) is 17.1 Å². The molecule has 0 saturated carbocycles. The molecule has 1 heterocycles. The Labute approximate surface area is 214 Å². The van der Waals surface area contributed by atoms with E-state index in [-0.39, 0.29) is 12.0 Å². The maximum absolute atomic E-state index is 13.4. The third-order valence-electron chi connectivity index (χ3n) is 5.75. The van der Waals surface area contributed by atoms with Gasteiger partial charge in [-0.25, -0.2) is 4.68 Å². The molecule has 1 aromatic heterocycles. The number of nitrogens with zero attached hydrogens (tertiary/aromatic N) is 2. The molecule has 0 radical (unpaired) electrons. The van der Waals surface area contributed by atoms with Gasteiger partial charge in [0.1, 0.15) is 11.5 Å². The van der Waals surface area contributed by atoms with Crippen LogP contribution < -0.4 is 20.3 Å². The normalized spacial score (nSPS) is 11.2. The van der Waals surface area contributed by atoms with Crippen molar-refractivity contribution in [1.29, 1.82) is 0 Å². The number of hydrogen-bond acceptors (Lipinski definition) is 7. The Balaban J connectivity index is 1.62. The summed E-state index contributed by atoms with van der Waals surface area (Å²) < 4.78 is 16.6. The number of esters is 1. The Hall–Kier alpha value is -4.79. The van der Waals surface area contributed by atoms with E-state index in [1.165, 1.54) is 11.8 Å². The van der Waals surface area contributed by atoms with E-state index < -0.39 is 5.97 Å². The third-order valence-corrected chi connectivity index (χ3v) is 5.75. The number of aromatic nitrogens is 2. The SMILES string of the molecule is COC(=O)Cc1[nH]n(-c2ccc(OC)cc2)c(=O)c1C(C)=Nc1ccc(Nc2ccc(OC)cc2)cc1. The van der Waals surface area contributed by atoms with Gasteiger partial charge in [0, 0.05) is 11.4 Å². The lowest BCUT2D eigenvalue weighted by atomic mass is 10.1. The Bertz CT molecular complexity index is 1450. The van der Waals surface area contributed by atoms with E-state index in [1.807, 2.05) is 48.5 Å². The van der Waals surface area contributed by atoms with Crippen molar-refractivity contribution in [2.75, 3.05) is 26.6 Å². The first-order chi connectivity index (χ1) is 17.9. The highest BCUT2D eigenvalue weighted by Gasteiger charge is 2.20. The summed E-state index contributed by atoms with van der Waals surface area (Å²) in [6, 6.07) is 22.1. The van der Waals surface area contributed by atoms with E-state index in [2.05, 4.69) is 15.4 Å². The van der Waals surface area contributed by atoms with Crippen LogP contribution in [0, 0.1) is 0 Å². The zero-order chi connectivity index (χ0) is 26.4. The molecule has 4 rings (SSSR count). The summed E-state index contributed by atoms with van der Waals surface area (Å²) in [6.45, 7) is 1.74. The average molecular weight is 501 g/mol.